The van der Waals surface area contributed by atoms with Crippen LogP contribution in [-0.4, -0.2) is 32.6 Å². The number of carbonyl (C=O) groups is 2. The molecule has 120 valence electrons. The minimum Gasteiger partial charge on any atom is -0.493 e. The molecule has 0 N–H and O–H groups in total. The van der Waals surface area contributed by atoms with Gasteiger partial charge in [-0.2, -0.15) is 0 Å². The van der Waals surface area contributed by atoms with Crippen LogP contribution in [0.25, 0.3) is 0 Å². The lowest BCUT2D eigenvalue weighted by atomic mass is 10.1. The number of carbonyl (C=O) groups excluding carboxylic acids is 2. The van der Waals surface area contributed by atoms with Crippen LogP contribution >= 0.6 is 0 Å². The molecule has 0 unspecified atom stereocenters. The summed E-state index contributed by atoms with van der Waals surface area (Å²) in [5.74, 6) is -0.975. The van der Waals surface area contributed by atoms with Gasteiger partial charge in [0.05, 0.1) is 14.2 Å². The molecule has 6 heteroatoms. The monoisotopic (exact) mass is 318 g/mol. The lowest BCUT2D eigenvalue weighted by molar-refractivity contribution is 0.0471. The Bertz CT molecular complexity index is 709. The Balaban J connectivity index is 2.08. The molecule has 0 bridgehead atoms. The van der Waals surface area contributed by atoms with Crippen molar-refractivity contribution in [3.63, 3.8) is 0 Å². The summed E-state index contributed by atoms with van der Waals surface area (Å²) in [5, 5.41) is 0. The minimum absolute atomic E-state index is 0.152. The number of hydrogen-bond donors (Lipinski definition) is 0. The van der Waals surface area contributed by atoms with Gasteiger partial charge in [-0.1, -0.05) is 6.07 Å². The number of para-hydroxylation sites is 1. The van der Waals surface area contributed by atoms with Gasteiger partial charge in [-0.15, -0.1) is 0 Å². The number of Topliss-reactive ketones (excluding diaryl/α,β-unsaturated/α-hetero) is 1. The summed E-state index contributed by atoms with van der Waals surface area (Å²) in [6.07, 6.45) is 0. The average Bonchev–Trinajstić information content (AvgIpc) is 2.59. The molecule has 0 saturated carbocycles. The summed E-state index contributed by atoms with van der Waals surface area (Å²) in [5.41, 5.74) is 0.413. The molecular weight excluding hydrogens is 303 g/mol. The topological polar surface area (TPSA) is 61.8 Å². The van der Waals surface area contributed by atoms with Crippen molar-refractivity contribution in [2.24, 2.45) is 0 Å². The summed E-state index contributed by atoms with van der Waals surface area (Å²) in [6.45, 7) is -0.454. The van der Waals surface area contributed by atoms with Crippen LogP contribution in [0.3, 0.4) is 0 Å². The third-order valence-corrected chi connectivity index (χ3v) is 3.12. The molecule has 5 nitrogen and oxygen atoms in total. The van der Waals surface area contributed by atoms with E-state index in [2.05, 4.69) is 0 Å². The average molecular weight is 318 g/mol. The van der Waals surface area contributed by atoms with E-state index in [1.165, 1.54) is 44.6 Å². The van der Waals surface area contributed by atoms with Gasteiger partial charge in [-0.25, -0.2) is 9.18 Å². The Morgan fingerprint density at radius 1 is 1.00 bits per heavy atom. The maximum atomic E-state index is 12.8. The van der Waals surface area contributed by atoms with Gasteiger partial charge < -0.3 is 14.2 Å². The number of esters is 1. The summed E-state index contributed by atoms with van der Waals surface area (Å²) in [7, 11) is 2.85. The first-order valence-corrected chi connectivity index (χ1v) is 6.73. The number of methoxy groups -OCH3 is 2. The summed E-state index contributed by atoms with van der Waals surface area (Å²) < 4.78 is 28.1. The summed E-state index contributed by atoms with van der Waals surface area (Å²) >= 11 is 0. The first kappa shape index (κ1) is 16.5. The van der Waals surface area contributed by atoms with Gasteiger partial charge in [-0.05, 0) is 36.4 Å². The highest BCUT2D eigenvalue weighted by molar-refractivity contribution is 6.00. The van der Waals surface area contributed by atoms with Crippen molar-refractivity contribution < 1.29 is 28.2 Å². The first-order valence-electron chi connectivity index (χ1n) is 6.73. The van der Waals surface area contributed by atoms with E-state index in [1.54, 1.807) is 12.1 Å². The number of ketones is 1. The lowest BCUT2D eigenvalue weighted by Gasteiger charge is -2.11. The predicted molar refractivity (Wildman–Crippen MR) is 80.6 cm³/mol. The molecule has 0 spiro atoms. The van der Waals surface area contributed by atoms with Crippen LogP contribution in [0.5, 0.6) is 11.5 Å². The number of ether oxygens (including phenoxy) is 3. The molecule has 0 amide bonds. The summed E-state index contributed by atoms with van der Waals surface area (Å²) in [4.78, 5) is 24.0. The molecule has 0 radical (unpaired) electrons. The van der Waals surface area contributed by atoms with Crippen LogP contribution in [0, 0.1) is 5.82 Å². The van der Waals surface area contributed by atoms with Crippen LogP contribution < -0.4 is 9.47 Å². The molecule has 0 aliphatic heterocycles. The van der Waals surface area contributed by atoms with Gasteiger partial charge in [0.1, 0.15) is 11.4 Å². The second kappa shape index (κ2) is 7.40. The standard InChI is InChI=1S/C17H15FO5/c1-21-15-5-3-4-13(16(15)22-2)17(20)23-10-14(19)11-6-8-12(18)9-7-11/h3-9H,10H2,1-2H3. The first-order chi connectivity index (χ1) is 11.1. The fourth-order valence-corrected chi connectivity index (χ4v) is 1.98. The molecular formula is C17H15FO5. The van der Waals surface area contributed by atoms with Crippen molar-refractivity contribution in [3.05, 3.63) is 59.4 Å². The van der Waals surface area contributed by atoms with Crippen LogP contribution in [0.2, 0.25) is 0 Å². The number of rotatable bonds is 6. The van der Waals surface area contributed by atoms with E-state index < -0.39 is 24.2 Å². The predicted octanol–water partition coefficient (Wildman–Crippen LogP) is 2.88. The van der Waals surface area contributed by atoms with Crippen LogP contribution in [0.15, 0.2) is 42.5 Å². The zero-order valence-corrected chi connectivity index (χ0v) is 12.7. The van der Waals surface area contributed by atoms with Crippen LogP contribution in [0.4, 0.5) is 4.39 Å². The third-order valence-electron chi connectivity index (χ3n) is 3.12. The fraction of sp³-hybridized carbons (Fsp3) is 0.176. The van der Waals surface area contributed by atoms with E-state index in [1.807, 2.05) is 0 Å². The van der Waals surface area contributed by atoms with Gasteiger partial charge in [0.15, 0.2) is 23.9 Å². The zero-order chi connectivity index (χ0) is 16.8. The van der Waals surface area contributed by atoms with Gasteiger partial charge in [-0.3, -0.25) is 4.79 Å². The minimum atomic E-state index is -0.712. The lowest BCUT2D eigenvalue weighted by Crippen LogP contribution is -2.15. The smallest absolute Gasteiger partial charge is 0.342 e. The SMILES string of the molecule is COc1cccc(C(=O)OCC(=O)c2ccc(F)cc2)c1OC. The molecule has 2 aromatic rings. The number of halogens is 1. The van der Waals surface area contributed by atoms with Gasteiger partial charge in [0.25, 0.3) is 0 Å². The Kier molecular flexibility index (Phi) is 5.30. The highest BCUT2D eigenvalue weighted by Crippen LogP contribution is 2.31. The molecule has 0 aliphatic carbocycles. The van der Waals surface area contributed by atoms with E-state index in [0.29, 0.717) is 5.75 Å². The van der Waals surface area contributed by atoms with Crippen molar-refractivity contribution in [1.29, 1.82) is 0 Å². The van der Waals surface area contributed by atoms with Crippen LogP contribution in [0.1, 0.15) is 20.7 Å². The maximum absolute atomic E-state index is 12.8. The van der Waals surface area contributed by atoms with E-state index in [-0.39, 0.29) is 16.9 Å². The Morgan fingerprint density at radius 3 is 2.30 bits per heavy atom. The highest BCUT2D eigenvalue weighted by atomic mass is 19.1. The van der Waals surface area contributed by atoms with Crippen LogP contribution in [-0.2, 0) is 4.74 Å². The van der Waals surface area contributed by atoms with E-state index >= 15 is 0 Å². The molecule has 0 saturated heterocycles. The van der Waals surface area contributed by atoms with E-state index in [0.717, 1.165) is 0 Å². The van der Waals surface area contributed by atoms with E-state index in [4.69, 9.17) is 14.2 Å². The Labute approximate surface area is 132 Å². The summed E-state index contributed by atoms with van der Waals surface area (Å²) in [6, 6.07) is 9.75. The molecule has 0 aromatic heterocycles. The van der Waals surface area contributed by atoms with Gasteiger partial charge in [0, 0.05) is 5.56 Å². The quantitative estimate of drug-likeness (QED) is 0.605. The Hall–Kier alpha value is -2.89. The molecule has 0 fully saturated rings. The van der Waals surface area contributed by atoms with Crippen molar-refractivity contribution in [2.45, 2.75) is 0 Å². The fourth-order valence-electron chi connectivity index (χ4n) is 1.98. The van der Waals surface area contributed by atoms with Gasteiger partial charge in [0.2, 0.25) is 0 Å². The molecule has 2 aromatic carbocycles. The highest BCUT2D eigenvalue weighted by Gasteiger charge is 2.19. The molecule has 23 heavy (non-hydrogen) atoms. The zero-order valence-electron chi connectivity index (χ0n) is 12.7. The largest absolute Gasteiger partial charge is 0.493 e. The molecule has 2 rings (SSSR count). The molecule has 0 atom stereocenters. The van der Waals surface area contributed by atoms with Crippen molar-refractivity contribution in [2.75, 3.05) is 20.8 Å². The third kappa shape index (κ3) is 3.85. The number of benzene rings is 2. The normalized spacial score (nSPS) is 10.0. The van der Waals surface area contributed by atoms with Crippen molar-refractivity contribution >= 4 is 11.8 Å². The second-order valence-corrected chi connectivity index (χ2v) is 4.55. The maximum Gasteiger partial charge on any atom is 0.342 e. The van der Waals surface area contributed by atoms with Crippen molar-refractivity contribution in [1.82, 2.24) is 0 Å². The number of hydrogen-bond acceptors (Lipinski definition) is 5. The Morgan fingerprint density at radius 2 is 1.70 bits per heavy atom. The molecule has 0 heterocycles. The molecule has 0 aliphatic rings. The van der Waals surface area contributed by atoms with Crippen molar-refractivity contribution in [3.8, 4) is 11.5 Å². The van der Waals surface area contributed by atoms with E-state index in [9.17, 15) is 14.0 Å². The second-order valence-electron chi connectivity index (χ2n) is 4.55. The van der Waals surface area contributed by atoms with Gasteiger partial charge >= 0.3 is 5.97 Å².